The molecule has 2 fully saturated rings. The van der Waals surface area contributed by atoms with Crippen molar-refractivity contribution in [1.82, 2.24) is 4.90 Å². The van der Waals surface area contributed by atoms with Gasteiger partial charge < -0.3 is 23.7 Å². The molecule has 2 atom stereocenters. The van der Waals surface area contributed by atoms with Crippen molar-refractivity contribution in [3.8, 4) is 5.75 Å². The van der Waals surface area contributed by atoms with E-state index in [4.69, 9.17) is 18.8 Å². The highest BCUT2D eigenvalue weighted by molar-refractivity contribution is 6.61. The maximum atomic E-state index is 12.3. The standard InChI is InChI=1S/C23H36BNO5/c1-17-14-23(5,6)30-24(29-17)19-9-11-20(12-10-19)27-16-18-8-7-13-25(15-18)21(26)28-22(2,3)4/h9-12,17-18H,7-8,13-16H2,1-6H3. The van der Waals surface area contributed by atoms with Crippen LogP contribution in [-0.4, -0.2) is 55.1 Å². The van der Waals surface area contributed by atoms with Crippen molar-refractivity contribution in [3.05, 3.63) is 24.3 Å². The third-order valence-corrected chi connectivity index (χ3v) is 5.37. The number of nitrogens with zero attached hydrogens (tertiary/aromatic N) is 1. The predicted octanol–water partition coefficient (Wildman–Crippen LogP) is 4.01. The summed E-state index contributed by atoms with van der Waals surface area (Å²) in [5.41, 5.74) is 0.329. The van der Waals surface area contributed by atoms with Crippen molar-refractivity contribution in [2.45, 2.75) is 78.1 Å². The van der Waals surface area contributed by atoms with Gasteiger partial charge in [0.05, 0.1) is 12.2 Å². The maximum absolute atomic E-state index is 12.3. The molecule has 0 radical (unpaired) electrons. The number of amides is 1. The minimum Gasteiger partial charge on any atom is -0.493 e. The first-order valence-electron chi connectivity index (χ1n) is 11.0. The highest BCUT2D eigenvalue weighted by atomic mass is 16.6. The Hall–Kier alpha value is -1.73. The number of benzene rings is 1. The van der Waals surface area contributed by atoms with Crippen molar-refractivity contribution in [1.29, 1.82) is 0 Å². The van der Waals surface area contributed by atoms with Gasteiger partial charge in [0, 0.05) is 25.1 Å². The number of piperidine rings is 1. The lowest BCUT2D eigenvalue weighted by atomic mass is 9.75. The summed E-state index contributed by atoms with van der Waals surface area (Å²) in [6.07, 6.45) is 2.83. The van der Waals surface area contributed by atoms with Gasteiger partial charge in [0.1, 0.15) is 11.4 Å². The number of ether oxygens (including phenoxy) is 2. The zero-order valence-electron chi connectivity index (χ0n) is 19.3. The molecular formula is C23H36BNO5. The van der Waals surface area contributed by atoms with E-state index in [0.717, 1.165) is 37.0 Å². The molecular weight excluding hydrogens is 381 g/mol. The van der Waals surface area contributed by atoms with Crippen LogP contribution in [0.3, 0.4) is 0 Å². The summed E-state index contributed by atoms with van der Waals surface area (Å²) in [4.78, 5) is 14.1. The topological polar surface area (TPSA) is 57.2 Å². The second kappa shape index (κ2) is 9.19. The van der Waals surface area contributed by atoms with E-state index in [-0.39, 0.29) is 24.9 Å². The molecule has 1 amide bonds. The molecule has 3 rings (SSSR count). The maximum Gasteiger partial charge on any atom is 0.494 e. The number of carbonyl (C=O) groups excluding carboxylic acids is 1. The minimum absolute atomic E-state index is 0.161. The van der Waals surface area contributed by atoms with Gasteiger partial charge in [0.15, 0.2) is 0 Å². The molecule has 30 heavy (non-hydrogen) atoms. The fourth-order valence-electron chi connectivity index (χ4n) is 4.09. The Morgan fingerprint density at radius 1 is 1.27 bits per heavy atom. The summed E-state index contributed by atoms with van der Waals surface area (Å²) in [7, 11) is -0.349. The van der Waals surface area contributed by atoms with E-state index in [1.54, 1.807) is 4.90 Å². The fraction of sp³-hybridized carbons (Fsp3) is 0.696. The van der Waals surface area contributed by atoms with Crippen LogP contribution < -0.4 is 10.2 Å². The lowest BCUT2D eigenvalue weighted by molar-refractivity contribution is -0.0229. The Labute approximate surface area is 181 Å². The van der Waals surface area contributed by atoms with E-state index in [9.17, 15) is 4.79 Å². The van der Waals surface area contributed by atoms with Gasteiger partial charge in [-0.2, -0.15) is 0 Å². The molecule has 0 bridgehead atoms. The molecule has 0 aliphatic carbocycles. The van der Waals surface area contributed by atoms with E-state index in [1.165, 1.54) is 0 Å². The van der Waals surface area contributed by atoms with E-state index in [1.807, 2.05) is 45.0 Å². The normalized spacial score (nSPS) is 24.5. The number of hydrogen-bond donors (Lipinski definition) is 0. The quantitative estimate of drug-likeness (QED) is 0.693. The van der Waals surface area contributed by atoms with Gasteiger partial charge >= 0.3 is 13.2 Å². The second-order valence-corrected chi connectivity index (χ2v) is 10.2. The highest BCUT2D eigenvalue weighted by Gasteiger charge is 2.38. The highest BCUT2D eigenvalue weighted by Crippen LogP contribution is 2.26. The first kappa shape index (κ1) is 22.9. The van der Waals surface area contributed by atoms with Crippen molar-refractivity contribution < 1.29 is 23.6 Å². The smallest absolute Gasteiger partial charge is 0.493 e. The van der Waals surface area contributed by atoms with Gasteiger partial charge in [0.2, 0.25) is 0 Å². The monoisotopic (exact) mass is 417 g/mol. The van der Waals surface area contributed by atoms with Crippen LogP contribution >= 0.6 is 0 Å². The van der Waals surface area contributed by atoms with Crippen LogP contribution in [0.25, 0.3) is 0 Å². The molecule has 6 nitrogen and oxygen atoms in total. The number of rotatable bonds is 4. The molecule has 1 aromatic rings. The van der Waals surface area contributed by atoms with Crippen LogP contribution in [0.2, 0.25) is 0 Å². The predicted molar refractivity (Wildman–Crippen MR) is 118 cm³/mol. The molecule has 0 aromatic heterocycles. The van der Waals surface area contributed by atoms with E-state index in [2.05, 4.69) is 20.8 Å². The van der Waals surface area contributed by atoms with Crippen LogP contribution in [0.4, 0.5) is 4.79 Å². The van der Waals surface area contributed by atoms with Gasteiger partial charge in [0.25, 0.3) is 0 Å². The average Bonchev–Trinajstić information content (AvgIpc) is 2.64. The average molecular weight is 417 g/mol. The molecule has 0 spiro atoms. The molecule has 166 valence electrons. The molecule has 7 heteroatoms. The van der Waals surface area contributed by atoms with Crippen LogP contribution in [0.15, 0.2) is 24.3 Å². The lowest BCUT2D eigenvalue weighted by Gasteiger charge is -2.38. The summed E-state index contributed by atoms with van der Waals surface area (Å²) in [5, 5.41) is 0. The van der Waals surface area contributed by atoms with Crippen LogP contribution in [0.1, 0.15) is 60.8 Å². The Morgan fingerprint density at radius 3 is 2.60 bits per heavy atom. The summed E-state index contributed by atoms with van der Waals surface area (Å²) in [6, 6.07) is 7.93. The Balaban J connectivity index is 1.51. The molecule has 0 N–H and O–H groups in total. The molecule has 2 unspecified atom stereocenters. The van der Waals surface area contributed by atoms with Crippen LogP contribution in [-0.2, 0) is 14.0 Å². The summed E-state index contributed by atoms with van der Waals surface area (Å²) in [6.45, 7) is 14.0. The molecule has 2 aliphatic rings. The fourth-order valence-corrected chi connectivity index (χ4v) is 4.09. The Morgan fingerprint density at radius 2 is 1.97 bits per heavy atom. The third kappa shape index (κ3) is 6.64. The third-order valence-electron chi connectivity index (χ3n) is 5.37. The van der Waals surface area contributed by atoms with Gasteiger partial charge in [-0.05, 0) is 78.4 Å². The van der Waals surface area contributed by atoms with E-state index >= 15 is 0 Å². The Kier molecular flexibility index (Phi) is 7.03. The lowest BCUT2D eigenvalue weighted by Crippen LogP contribution is -2.51. The summed E-state index contributed by atoms with van der Waals surface area (Å²) < 4.78 is 23.6. The minimum atomic E-state index is -0.471. The van der Waals surface area contributed by atoms with Crippen LogP contribution in [0, 0.1) is 5.92 Å². The van der Waals surface area contributed by atoms with Crippen molar-refractivity contribution in [2.24, 2.45) is 5.92 Å². The van der Waals surface area contributed by atoms with Crippen LogP contribution in [0.5, 0.6) is 5.75 Å². The SMILES string of the molecule is CC1CC(C)(C)OB(c2ccc(OCC3CCCN(C(=O)OC(C)(C)C)C3)cc2)O1. The van der Waals surface area contributed by atoms with Crippen molar-refractivity contribution >= 4 is 18.7 Å². The van der Waals surface area contributed by atoms with Gasteiger partial charge in [-0.25, -0.2) is 4.79 Å². The van der Waals surface area contributed by atoms with E-state index < -0.39 is 5.60 Å². The number of likely N-dealkylation sites (tertiary alicyclic amines) is 1. The van der Waals surface area contributed by atoms with Gasteiger partial charge in [-0.15, -0.1) is 0 Å². The first-order chi connectivity index (χ1) is 14.0. The Bertz CT molecular complexity index is 715. The second-order valence-electron chi connectivity index (χ2n) is 10.2. The van der Waals surface area contributed by atoms with E-state index in [0.29, 0.717) is 19.1 Å². The zero-order chi connectivity index (χ0) is 21.9. The number of hydrogen-bond acceptors (Lipinski definition) is 5. The molecule has 2 aliphatic heterocycles. The van der Waals surface area contributed by atoms with Gasteiger partial charge in [-0.3, -0.25) is 0 Å². The summed E-state index contributed by atoms with van der Waals surface area (Å²) in [5.74, 6) is 1.12. The largest absolute Gasteiger partial charge is 0.494 e. The van der Waals surface area contributed by atoms with Gasteiger partial charge in [-0.1, -0.05) is 12.1 Å². The molecule has 0 saturated carbocycles. The number of carbonyl (C=O) groups is 1. The zero-order valence-corrected chi connectivity index (χ0v) is 19.3. The molecule has 1 aromatic carbocycles. The van der Waals surface area contributed by atoms with Crippen molar-refractivity contribution in [2.75, 3.05) is 19.7 Å². The van der Waals surface area contributed by atoms with Crippen molar-refractivity contribution in [3.63, 3.8) is 0 Å². The first-order valence-corrected chi connectivity index (χ1v) is 11.0. The summed E-state index contributed by atoms with van der Waals surface area (Å²) >= 11 is 0. The molecule has 2 saturated heterocycles. The molecule has 2 heterocycles.